The van der Waals surface area contributed by atoms with E-state index in [1.54, 1.807) is 24.3 Å². The Morgan fingerprint density at radius 1 is 1.36 bits per heavy atom. The van der Waals surface area contributed by atoms with Crippen LogP contribution in [-0.2, 0) is 20.8 Å². The van der Waals surface area contributed by atoms with Gasteiger partial charge in [-0.2, -0.15) is 0 Å². The zero-order chi connectivity index (χ0) is 17.9. The number of hydrogen-bond donors (Lipinski definition) is 1. The summed E-state index contributed by atoms with van der Waals surface area (Å²) < 4.78 is 12.2. The minimum Gasteiger partial charge on any atom is -0.354 e. The lowest BCUT2D eigenvalue weighted by Crippen LogP contribution is -2.38. The average Bonchev–Trinajstić information content (AvgIpc) is 3.02. The SMILES string of the molecule is C[C@@H](CNC(=O)Cn1nnc2ccccc2c1=O)CC1(C)OCCO1. The zero-order valence-electron chi connectivity index (χ0n) is 14.4. The molecule has 0 radical (unpaired) electrons. The lowest BCUT2D eigenvalue weighted by atomic mass is 10.0. The maximum Gasteiger partial charge on any atom is 0.278 e. The molecule has 1 amide bonds. The van der Waals surface area contributed by atoms with Crippen molar-refractivity contribution in [2.45, 2.75) is 32.6 Å². The molecule has 1 fully saturated rings. The molecule has 0 unspecified atom stereocenters. The van der Waals surface area contributed by atoms with Gasteiger partial charge in [0.05, 0.1) is 18.6 Å². The van der Waals surface area contributed by atoms with Crippen molar-refractivity contribution >= 4 is 16.8 Å². The first-order valence-electron chi connectivity index (χ1n) is 8.34. The fraction of sp³-hybridized carbons (Fsp3) is 0.529. The Kier molecular flexibility index (Phi) is 5.10. The third kappa shape index (κ3) is 4.21. The van der Waals surface area contributed by atoms with Crippen LogP contribution in [0.25, 0.3) is 10.9 Å². The van der Waals surface area contributed by atoms with Crippen molar-refractivity contribution < 1.29 is 14.3 Å². The third-order valence-corrected chi connectivity index (χ3v) is 4.19. The second-order valence-electron chi connectivity index (χ2n) is 6.51. The highest BCUT2D eigenvalue weighted by atomic mass is 16.7. The minimum atomic E-state index is -0.578. The van der Waals surface area contributed by atoms with Crippen molar-refractivity contribution in [3.63, 3.8) is 0 Å². The second-order valence-corrected chi connectivity index (χ2v) is 6.51. The van der Waals surface area contributed by atoms with E-state index in [-0.39, 0.29) is 23.9 Å². The summed E-state index contributed by atoms with van der Waals surface area (Å²) in [5.74, 6) is -0.686. The van der Waals surface area contributed by atoms with E-state index in [1.807, 2.05) is 13.8 Å². The van der Waals surface area contributed by atoms with E-state index in [0.29, 0.717) is 37.1 Å². The smallest absolute Gasteiger partial charge is 0.278 e. The maximum absolute atomic E-state index is 12.3. The van der Waals surface area contributed by atoms with Gasteiger partial charge in [0.15, 0.2) is 5.79 Å². The molecule has 1 aliphatic rings. The summed E-state index contributed by atoms with van der Waals surface area (Å²) in [7, 11) is 0. The van der Waals surface area contributed by atoms with Crippen molar-refractivity contribution in [2.24, 2.45) is 5.92 Å². The standard InChI is InChI=1S/C17H22N4O4/c1-12(9-17(2)24-7-8-25-17)10-18-15(22)11-21-16(23)13-5-3-4-6-14(13)19-20-21/h3-6,12H,7-11H2,1-2H3,(H,18,22)/t12-/m1/s1. The topological polar surface area (TPSA) is 95.3 Å². The fourth-order valence-corrected chi connectivity index (χ4v) is 2.99. The van der Waals surface area contributed by atoms with Crippen LogP contribution in [0.5, 0.6) is 0 Å². The van der Waals surface area contributed by atoms with Crippen molar-refractivity contribution in [1.82, 2.24) is 20.3 Å². The first kappa shape index (κ1) is 17.5. The number of rotatable bonds is 6. The number of carbonyl (C=O) groups is 1. The average molecular weight is 346 g/mol. The van der Waals surface area contributed by atoms with Gasteiger partial charge < -0.3 is 14.8 Å². The fourth-order valence-electron chi connectivity index (χ4n) is 2.99. The largest absolute Gasteiger partial charge is 0.354 e. The molecule has 8 heteroatoms. The highest BCUT2D eigenvalue weighted by molar-refractivity contribution is 5.78. The van der Waals surface area contributed by atoms with Gasteiger partial charge in [-0.3, -0.25) is 9.59 Å². The van der Waals surface area contributed by atoms with Crippen LogP contribution in [0.4, 0.5) is 0 Å². The summed E-state index contributed by atoms with van der Waals surface area (Å²) in [4.78, 5) is 24.4. The van der Waals surface area contributed by atoms with E-state index < -0.39 is 5.79 Å². The van der Waals surface area contributed by atoms with Crippen molar-refractivity contribution in [3.05, 3.63) is 34.6 Å². The van der Waals surface area contributed by atoms with Gasteiger partial charge in [-0.15, -0.1) is 5.10 Å². The normalized spacial score (nSPS) is 17.5. The summed E-state index contributed by atoms with van der Waals surface area (Å²) >= 11 is 0. The number of benzene rings is 1. The monoisotopic (exact) mass is 346 g/mol. The molecular weight excluding hydrogens is 324 g/mol. The molecule has 1 aromatic carbocycles. The highest BCUT2D eigenvalue weighted by Gasteiger charge is 2.32. The van der Waals surface area contributed by atoms with Crippen LogP contribution < -0.4 is 10.9 Å². The Morgan fingerprint density at radius 2 is 2.08 bits per heavy atom. The molecule has 8 nitrogen and oxygen atoms in total. The Morgan fingerprint density at radius 3 is 2.84 bits per heavy atom. The van der Waals surface area contributed by atoms with Crippen LogP contribution in [0.2, 0.25) is 0 Å². The van der Waals surface area contributed by atoms with Gasteiger partial charge in [0.2, 0.25) is 5.91 Å². The predicted molar refractivity (Wildman–Crippen MR) is 90.9 cm³/mol. The molecule has 0 bridgehead atoms. The Labute approximate surface area is 145 Å². The number of fused-ring (bicyclic) bond motifs is 1. The lowest BCUT2D eigenvalue weighted by molar-refractivity contribution is -0.154. The molecule has 134 valence electrons. The maximum atomic E-state index is 12.3. The predicted octanol–water partition coefficient (Wildman–Crippen LogP) is 0.697. The molecule has 1 atom stereocenters. The summed E-state index contributed by atoms with van der Waals surface area (Å²) in [5, 5.41) is 11.1. The van der Waals surface area contributed by atoms with Crippen molar-refractivity contribution in [1.29, 1.82) is 0 Å². The number of ether oxygens (including phenoxy) is 2. The molecule has 3 rings (SSSR count). The van der Waals surface area contributed by atoms with Crippen molar-refractivity contribution in [3.8, 4) is 0 Å². The van der Waals surface area contributed by atoms with Crippen LogP contribution in [0.1, 0.15) is 20.3 Å². The van der Waals surface area contributed by atoms with Crippen molar-refractivity contribution in [2.75, 3.05) is 19.8 Å². The van der Waals surface area contributed by atoms with Gasteiger partial charge in [0.25, 0.3) is 5.56 Å². The van der Waals surface area contributed by atoms with E-state index in [2.05, 4.69) is 15.6 Å². The molecule has 0 spiro atoms. The second kappa shape index (κ2) is 7.28. The van der Waals surface area contributed by atoms with E-state index >= 15 is 0 Å². The number of nitrogens with zero attached hydrogens (tertiary/aromatic N) is 3. The Balaban J connectivity index is 1.56. The molecule has 0 saturated carbocycles. The molecule has 1 aliphatic heterocycles. The number of amides is 1. The minimum absolute atomic E-state index is 0.159. The number of nitrogens with one attached hydrogen (secondary N) is 1. The first-order valence-corrected chi connectivity index (χ1v) is 8.34. The lowest BCUT2D eigenvalue weighted by Gasteiger charge is -2.26. The summed E-state index contributed by atoms with van der Waals surface area (Å²) in [5.41, 5.74) is 0.191. The molecule has 1 aromatic heterocycles. The highest BCUT2D eigenvalue weighted by Crippen LogP contribution is 2.26. The quantitative estimate of drug-likeness (QED) is 0.827. The van der Waals surface area contributed by atoms with Crippen LogP contribution in [0, 0.1) is 5.92 Å². The van der Waals surface area contributed by atoms with E-state index in [9.17, 15) is 9.59 Å². The van der Waals surface area contributed by atoms with Gasteiger partial charge in [-0.1, -0.05) is 24.3 Å². The van der Waals surface area contributed by atoms with Crippen LogP contribution in [0.15, 0.2) is 29.1 Å². The molecule has 2 heterocycles. The van der Waals surface area contributed by atoms with Gasteiger partial charge in [-0.25, -0.2) is 4.68 Å². The Bertz CT molecular complexity index is 814. The molecule has 0 aliphatic carbocycles. The molecule has 25 heavy (non-hydrogen) atoms. The molecule has 1 saturated heterocycles. The molecular formula is C17H22N4O4. The van der Waals surface area contributed by atoms with Gasteiger partial charge in [0, 0.05) is 13.0 Å². The molecule has 1 N–H and O–H groups in total. The van der Waals surface area contributed by atoms with E-state index in [0.717, 1.165) is 4.68 Å². The van der Waals surface area contributed by atoms with Crippen LogP contribution in [0.3, 0.4) is 0 Å². The van der Waals surface area contributed by atoms with Crippen LogP contribution in [-0.4, -0.2) is 46.4 Å². The summed E-state index contributed by atoms with van der Waals surface area (Å²) in [6.45, 7) is 5.42. The number of aromatic nitrogens is 3. The summed E-state index contributed by atoms with van der Waals surface area (Å²) in [6, 6.07) is 6.92. The van der Waals surface area contributed by atoms with Gasteiger partial charge in [-0.05, 0) is 25.0 Å². The number of carbonyl (C=O) groups excluding carboxylic acids is 1. The Hall–Kier alpha value is -2.32. The van der Waals surface area contributed by atoms with E-state index in [1.165, 1.54) is 0 Å². The van der Waals surface area contributed by atoms with Gasteiger partial charge >= 0.3 is 0 Å². The third-order valence-electron chi connectivity index (χ3n) is 4.19. The number of hydrogen-bond acceptors (Lipinski definition) is 6. The first-order chi connectivity index (χ1) is 12.0. The summed E-state index contributed by atoms with van der Waals surface area (Å²) in [6.07, 6.45) is 0.684. The zero-order valence-corrected chi connectivity index (χ0v) is 14.4. The van der Waals surface area contributed by atoms with Crippen LogP contribution >= 0.6 is 0 Å². The molecule has 2 aromatic rings. The van der Waals surface area contributed by atoms with Gasteiger partial charge in [0.1, 0.15) is 12.1 Å². The van der Waals surface area contributed by atoms with E-state index in [4.69, 9.17) is 9.47 Å².